The van der Waals surface area contributed by atoms with Crippen molar-refractivity contribution in [3.05, 3.63) is 71.3 Å². The summed E-state index contributed by atoms with van der Waals surface area (Å²) in [6.07, 6.45) is 0.465. The molecule has 1 aliphatic heterocycles. The highest BCUT2D eigenvalue weighted by molar-refractivity contribution is 6.09. The van der Waals surface area contributed by atoms with Crippen LogP contribution in [0.2, 0.25) is 0 Å². The summed E-state index contributed by atoms with van der Waals surface area (Å²) in [6, 6.07) is 16.7. The van der Waals surface area contributed by atoms with Crippen molar-refractivity contribution < 1.29 is 19.1 Å². The lowest BCUT2D eigenvalue weighted by Gasteiger charge is -2.28. The Morgan fingerprint density at radius 1 is 1.14 bits per heavy atom. The van der Waals surface area contributed by atoms with Crippen molar-refractivity contribution in [2.24, 2.45) is 0 Å². The van der Waals surface area contributed by atoms with Crippen LogP contribution in [-0.4, -0.2) is 24.6 Å². The number of hydrogen-bond acceptors (Lipinski definition) is 5. The molecule has 28 heavy (non-hydrogen) atoms. The van der Waals surface area contributed by atoms with E-state index in [-0.39, 0.29) is 12.6 Å². The highest BCUT2D eigenvalue weighted by Gasteiger charge is 2.33. The first kappa shape index (κ1) is 18.0. The number of nitrogens with one attached hydrogen (secondary N) is 1. The molecule has 3 aromatic carbocycles. The van der Waals surface area contributed by atoms with E-state index in [9.17, 15) is 9.59 Å². The van der Waals surface area contributed by atoms with Gasteiger partial charge in [-0.15, -0.1) is 0 Å². The van der Waals surface area contributed by atoms with Gasteiger partial charge in [0.2, 0.25) is 0 Å². The Morgan fingerprint density at radius 2 is 1.93 bits per heavy atom. The van der Waals surface area contributed by atoms with Crippen LogP contribution in [0.25, 0.3) is 10.8 Å². The van der Waals surface area contributed by atoms with Crippen molar-refractivity contribution in [3.63, 3.8) is 0 Å². The molecule has 1 atom stereocenters. The fourth-order valence-corrected chi connectivity index (χ4v) is 3.60. The Kier molecular flexibility index (Phi) is 4.74. The number of carbonyl (C=O) groups is 2. The third-order valence-corrected chi connectivity index (χ3v) is 4.91. The van der Waals surface area contributed by atoms with Gasteiger partial charge in [-0.2, -0.15) is 0 Å². The van der Waals surface area contributed by atoms with Crippen LogP contribution in [0, 0.1) is 6.92 Å². The van der Waals surface area contributed by atoms with E-state index in [2.05, 4.69) is 5.32 Å². The highest BCUT2D eigenvalue weighted by Crippen LogP contribution is 2.42. The molecule has 5 nitrogen and oxygen atoms in total. The summed E-state index contributed by atoms with van der Waals surface area (Å²) < 4.78 is 11.0. The average Bonchev–Trinajstić information content (AvgIpc) is 2.69. The zero-order valence-electron chi connectivity index (χ0n) is 15.8. The van der Waals surface area contributed by atoms with Crippen molar-refractivity contribution in [1.29, 1.82) is 0 Å². The number of hydrogen-bond donors (Lipinski definition) is 1. The van der Waals surface area contributed by atoms with E-state index in [1.54, 1.807) is 13.0 Å². The van der Waals surface area contributed by atoms with E-state index >= 15 is 0 Å². The molecular weight excluding hydrogens is 354 g/mol. The predicted octanol–water partition coefficient (Wildman–Crippen LogP) is 4.27. The molecule has 0 radical (unpaired) electrons. The summed E-state index contributed by atoms with van der Waals surface area (Å²) in [6.45, 7) is 3.99. The molecule has 0 unspecified atom stereocenters. The molecule has 0 aromatic heterocycles. The minimum Gasteiger partial charge on any atom is -0.462 e. The summed E-state index contributed by atoms with van der Waals surface area (Å²) in [5, 5.41) is 4.90. The zero-order chi connectivity index (χ0) is 19.7. The monoisotopic (exact) mass is 375 g/mol. The van der Waals surface area contributed by atoms with Gasteiger partial charge >= 0.3 is 11.9 Å². The number of carbonyl (C=O) groups excluding carboxylic acids is 2. The largest absolute Gasteiger partial charge is 0.462 e. The molecule has 0 spiro atoms. The van der Waals surface area contributed by atoms with E-state index in [1.807, 2.05) is 55.5 Å². The predicted molar refractivity (Wildman–Crippen MR) is 108 cm³/mol. The van der Waals surface area contributed by atoms with Gasteiger partial charge < -0.3 is 14.8 Å². The van der Waals surface area contributed by atoms with Crippen LogP contribution < -0.4 is 10.1 Å². The number of ether oxygens (including phenoxy) is 2. The number of anilines is 1. The maximum Gasteiger partial charge on any atom is 0.340 e. The maximum atomic E-state index is 12.7. The maximum absolute atomic E-state index is 12.7. The quantitative estimate of drug-likeness (QED) is 0.545. The molecular formula is C23H21NO4. The van der Waals surface area contributed by atoms with Crippen LogP contribution in [0.4, 0.5) is 5.69 Å². The summed E-state index contributed by atoms with van der Waals surface area (Å²) in [5.74, 6) is -0.402. The van der Waals surface area contributed by atoms with E-state index in [0.29, 0.717) is 23.4 Å². The van der Waals surface area contributed by atoms with Gasteiger partial charge in [0.15, 0.2) is 5.75 Å². The topological polar surface area (TPSA) is 64.6 Å². The van der Waals surface area contributed by atoms with Gasteiger partial charge in [-0.3, -0.25) is 0 Å². The standard InChI is InChI=1S/C23H21NO4/c1-3-27-22(25)17-13-16-11-7-8-14(2)19(16)21-20(17)24-18(23(26)28-21)12-15-9-5-4-6-10-15/h4-11,13,18,24H,3,12H2,1-2H3/t18-/m1/s1. The van der Waals surface area contributed by atoms with Crippen molar-refractivity contribution >= 4 is 28.4 Å². The van der Waals surface area contributed by atoms with Crippen molar-refractivity contribution in [2.45, 2.75) is 26.3 Å². The average molecular weight is 375 g/mol. The van der Waals surface area contributed by atoms with Gasteiger partial charge in [0.1, 0.15) is 6.04 Å². The van der Waals surface area contributed by atoms with E-state index < -0.39 is 12.0 Å². The Hall–Kier alpha value is -3.34. The Morgan fingerprint density at radius 3 is 2.68 bits per heavy atom. The van der Waals surface area contributed by atoms with Crippen LogP contribution in [0.3, 0.4) is 0 Å². The summed E-state index contributed by atoms with van der Waals surface area (Å²) in [5.41, 5.74) is 2.87. The smallest absolute Gasteiger partial charge is 0.340 e. The second-order valence-corrected chi connectivity index (χ2v) is 6.83. The van der Waals surface area contributed by atoms with Crippen LogP contribution >= 0.6 is 0 Å². The SMILES string of the molecule is CCOC(=O)c1cc2cccc(C)c2c2c1N[C@H](Cc1ccccc1)C(=O)O2. The van der Waals surface area contributed by atoms with Crippen molar-refractivity contribution in [3.8, 4) is 5.75 Å². The molecule has 0 saturated heterocycles. The molecule has 0 saturated carbocycles. The number of aryl methyl sites for hydroxylation is 1. The first-order chi connectivity index (χ1) is 13.6. The molecule has 0 aliphatic carbocycles. The van der Waals surface area contributed by atoms with Crippen LogP contribution in [-0.2, 0) is 16.0 Å². The third-order valence-electron chi connectivity index (χ3n) is 4.91. The molecule has 1 N–H and O–H groups in total. The molecule has 0 fully saturated rings. The Labute approximate surface area is 163 Å². The molecule has 0 amide bonds. The molecule has 5 heteroatoms. The fraction of sp³-hybridized carbons (Fsp3) is 0.217. The molecule has 142 valence electrons. The van der Waals surface area contributed by atoms with Crippen LogP contribution in [0.1, 0.15) is 28.4 Å². The van der Waals surface area contributed by atoms with Crippen molar-refractivity contribution in [2.75, 3.05) is 11.9 Å². The van der Waals surface area contributed by atoms with Gasteiger partial charge in [-0.1, -0.05) is 48.5 Å². The molecule has 1 heterocycles. The first-order valence-electron chi connectivity index (χ1n) is 9.34. The van der Waals surface area contributed by atoms with E-state index in [0.717, 1.165) is 21.9 Å². The molecule has 0 bridgehead atoms. The Bertz CT molecular complexity index is 1060. The Balaban J connectivity index is 1.83. The minimum absolute atomic E-state index is 0.271. The van der Waals surface area contributed by atoms with Crippen molar-refractivity contribution in [1.82, 2.24) is 0 Å². The number of esters is 2. The second-order valence-electron chi connectivity index (χ2n) is 6.83. The van der Waals surface area contributed by atoms with Crippen LogP contribution in [0.15, 0.2) is 54.6 Å². The normalized spacial score (nSPS) is 15.5. The van der Waals surface area contributed by atoms with Gasteiger partial charge in [0.25, 0.3) is 0 Å². The molecule has 1 aliphatic rings. The number of rotatable bonds is 4. The van der Waals surface area contributed by atoms with E-state index in [1.165, 1.54) is 0 Å². The van der Waals surface area contributed by atoms with Crippen LogP contribution in [0.5, 0.6) is 5.75 Å². The lowest BCUT2D eigenvalue weighted by atomic mass is 9.97. The van der Waals surface area contributed by atoms with Gasteiger partial charge in [0.05, 0.1) is 17.9 Å². The number of benzene rings is 3. The van der Waals surface area contributed by atoms with Gasteiger partial charge in [-0.25, -0.2) is 9.59 Å². The highest BCUT2D eigenvalue weighted by atomic mass is 16.5. The zero-order valence-corrected chi connectivity index (χ0v) is 15.8. The lowest BCUT2D eigenvalue weighted by Crippen LogP contribution is -2.39. The summed E-state index contributed by atoms with van der Waals surface area (Å²) in [7, 11) is 0. The molecule has 4 rings (SSSR count). The second kappa shape index (κ2) is 7.35. The third kappa shape index (κ3) is 3.20. The first-order valence-corrected chi connectivity index (χ1v) is 9.34. The van der Waals surface area contributed by atoms with Gasteiger partial charge in [0, 0.05) is 11.8 Å². The number of fused-ring (bicyclic) bond motifs is 3. The minimum atomic E-state index is -0.579. The lowest BCUT2D eigenvalue weighted by molar-refractivity contribution is -0.135. The fourth-order valence-electron chi connectivity index (χ4n) is 3.60. The summed E-state index contributed by atoms with van der Waals surface area (Å²) in [4.78, 5) is 25.3. The summed E-state index contributed by atoms with van der Waals surface area (Å²) >= 11 is 0. The van der Waals surface area contributed by atoms with E-state index in [4.69, 9.17) is 9.47 Å². The van der Waals surface area contributed by atoms with Gasteiger partial charge in [-0.05, 0) is 36.4 Å². The molecule has 3 aromatic rings.